The summed E-state index contributed by atoms with van der Waals surface area (Å²) in [6.07, 6.45) is 13.1. The van der Waals surface area contributed by atoms with Crippen molar-refractivity contribution < 1.29 is 15.0 Å². The van der Waals surface area contributed by atoms with Gasteiger partial charge in [0.15, 0.2) is 0 Å². The van der Waals surface area contributed by atoms with Crippen LogP contribution in [0.3, 0.4) is 0 Å². The van der Waals surface area contributed by atoms with Gasteiger partial charge in [-0.3, -0.25) is 4.79 Å². The van der Waals surface area contributed by atoms with Crippen LogP contribution in [0.2, 0.25) is 0 Å². The van der Waals surface area contributed by atoms with Crippen LogP contribution < -0.4 is 0 Å². The number of amides is 1. The lowest BCUT2D eigenvalue weighted by Crippen LogP contribution is -2.20. The Morgan fingerprint density at radius 1 is 1.33 bits per heavy atom. The Kier molecular flexibility index (Phi) is 7.68. The van der Waals surface area contributed by atoms with Crippen LogP contribution in [0.4, 0.5) is 0 Å². The minimum Gasteiger partial charge on any atom is -0.392 e. The summed E-state index contributed by atoms with van der Waals surface area (Å²) in [5, 5.41) is 21.0. The Hall–Kier alpha value is -2.17. The zero-order valence-corrected chi connectivity index (χ0v) is 18.4. The van der Waals surface area contributed by atoms with E-state index < -0.39 is 6.10 Å². The molecular formula is C26H35NO3. The van der Waals surface area contributed by atoms with Crippen LogP contribution in [0.25, 0.3) is 0 Å². The van der Waals surface area contributed by atoms with Gasteiger partial charge in [-0.05, 0) is 43.6 Å². The van der Waals surface area contributed by atoms with Gasteiger partial charge in [-0.1, -0.05) is 65.8 Å². The van der Waals surface area contributed by atoms with Crippen molar-refractivity contribution in [1.29, 1.82) is 0 Å². The Balaban J connectivity index is 1.52. The molecule has 1 saturated carbocycles. The van der Waals surface area contributed by atoms with Crippen LogP contribution in [0.15, 0.2) is 60.2 Å². The average Bonchev–Trinajstić information content (AvgIpc) is 3.19. The highest BCUT2D eigenvalue weighted by molar-refractivity contribution is 5.75. The van der Waals surface area contributed by atoms with Gasteiger partial charge in [-0.15, -0.1) is 0 Å². The van der Waals surface area contributed by atoms with Crippen LogP contribution in [-0.4, -0.2) is 47.3 Å². The van der Waals surface area contributed by atoms with Crippen molar-refractivity contribution in [2.75, 3.05) is 14.1 Å². The minimum atomic E-state index is -0.541. The topological polar surface area (TPSA) is 60.8 Å². The lowest BCUT2D eigenvalue weighted by atomic mass is 9.89. The largest absolute Gasteiger partial charge is 0.392 e. The van der Waals surface area contributed by atoms with E-state index in [0.29, 0.717) is 24.7 Å². The molecule has 162 valence electrons. The van der Waals surface area contributed by atoms with E-state index in [4.69, 9.17) is 0 Å². The minimum absolute atomic E-state index is 0.0830. The van der Waals surface area contributed by atoms with Crippen LogP contribution in [0.1, 0.15) is 36.8 Å². The maximum Gasteiger partial charge on any atom is 0.222 e. The smallest absolute Gasteiger partial charge is 0.222 e. The molecule has 0 bridgehead atoms. The maximum atomic E-state index is 11.7. The van der Waals surface area contributed by atoms with E-state index in [9.17, 15) is 15.0 Å². The molecule has 0 saturated heterocycles. The first-order valence-corrected chi connectivity index (χ1v) is 11.0. The number of nitrogens with zero attached hydrogens (tertiary/aromatic N) is 1. The van der Waals surface area contributed by atoms with Crippen molar-refractivity contribution in [2.45, 2.75) is 51.2 Å². The Labute approximate surface area is 180 Å². The summed E-state index contributed by atoms with van der Waals surface area (Å²) < 4.78 is 0. The second-order valence-electron chi connectivity index (χ2n) is 9.03. The highest BCUT2D eigenvalue weighted by Gasteiger charge is 2.42. The Bertz CT molecular complexity index is 823. The van der Waals surface area contributed by atoms with Gasteiger partial charge in [-0.25, -0.2) is 0 Å². The van der Waals surface area contributed by atoms with Gasteiger partial charge in [0.25, 0.3) is 0 Å². The number of aryl methyl sites for hydroxylation is 1. The fourth-order valence-corrected chi connectivity index (χ4v) is 4.74. The lowest BCUT2D eigenvalue weighted by molar-refractivity contribution is -0.128. The molecule has 1 aromatic rings. The molecule has 0 heterocycles. The number of aliphatic hydroxyl groups is 2. The summed E-state index contributed by atoms with van der Waals surface area (Å²) in [4.78, 5) is 13.3. The number of hydrogen-bond donors (Lipinski definition) is 2. The van der Waals surface area contributed by atoms with Crippen molar-refractivity contribution in [1.82, 2.24) is 4.90 Å². The number of fused-ring (bicyclic) bond motifs is 1. The summed E-state index contributed by atoms with van der Waals surface area (Å²) in [5.74, 6) is 1.02. The van der Waals surface area contributed by atoms with Crippen LogP contribution >= 0.6 is 0 Å². The predicted molar refractivity (Wildman–Crippen MR) is 121 cm³/mol. The van der Waals surface area contributed by atoms with Crippen molar-refractivity contribution in [3.05, 3.63) is 71.3 Å². The van der Waals surface area contributed by atoms with E-state index in [2.05, 4.69) is 37.3 Å². The summed E-state index contributed by atoms with van der Waals surface area (Å²) in [6, 6.07) is 8.21. The summed E-state index contributed by atoms with van der Waals surface area (Å²) in [5.41, 5.74) is 3.62. The average molecular weight is 410 g/mol. The lowest BCUT2D eigenvalue weighted by Gasteiger charge is -2.18. The zero-order chi connectivity index (χ0) is 21.7. The molecule has 2 aliphatic rings. The molecule has 4 nitrogen and oxygen atoms in total. The molecule has 5 atom stereocenters. The van der Waals surface area contributed by atoms with Gasteiger partial charge in [0.1, 0.15) is 0 Å². The summed E-state index contributed by atoms with van der Waals surface area (Å²) in [6.45, 7) is 2.06. The number of hydrogen-bond acceptors (Lipinski definition) is 3. The quantitative estimate of drug-likeness (QED) is 0.642. The van der Waals surface area contributed by atoms with Gasteiger partial charge in [0, 0.05) is 32.9 Å². The first-order chi connectivity index (χ1) is 14.3. The summed E-state index contributed by atoms with van der Waals surface area (Å²) in [7, 11) is 3.56. The fraction of sp³-hybridized carbons (Fsp3) is 0.500. The van der Waals surface area contributed by atoms with E-state index >= 15 is 0 Å². The third-order valence-electron chi connectivity index (χ3n) is 6.34. The van der Waals surface area contributed by atoms with Crippen molar-refractivity contribution >= 4 is 5.91 Å². The molecule has 2 aliphatic carbocycles. The standard InChI is InChI=1S/C26H35NO3/c1-18-7-6-9-19(13-18)15-22(28)11-12-23-24-16-20(14-21(24)17-25(23)29)8-4-5-10-26(30)27(2)3/h4,6-9,11-14,21-25,28-29H,5,10,15-17H2,1-3H3/b8-4+,12-11+/t21-,22+,23+,24-,25+/m0/s1. The molecule has 3 rings (SSSR count). The number of aliphatic hydroxyl groups excluding tert-OH is 2. The highest BCUT2D eigenvalue weighted by Crippen LogP contribution is 2.47. The second kappa shape index (κ2) is 10.2. The summed E-state index contributed by atoms with van der Waals surface area (Å²) >= 11 is 0. The SMILES string of the molecule is Cc1cccc(C[C@H](O)/C=C/[C@@H]2[C@H]3CC(/C=C/CCC(=O)N(C)C)=C[C@H]3C[C@H]2O)c1. The number of carbonyl (C=O) groups is 1. The molecule has 1 amide bonds. The monoisotopic (exact) mass is 409 g/mol. The first kappa shape index (κ1) is 22.5. The highest BCUT2D eigenvalue weighted by atomic mass is 16.3. The van der Waals surface area contributed by atoms with E-state index in [1.165, 1.54) is 11.1 Å². The van der Waals surface area contributed by atoms with Crippen LogP contribution in [0, 0.1) is 24.7 Å². The third kappa shape index (κ3) is 5.93. The molecule has 0 radical (unpaired) electrons. The number of allylic oxidation sites excluding steroid dienone is 4. The van der Waals surface area contributed by atoms with Crippen molar-refractivity contribution in [3.8, 4) is 0 Å². The first-order valence-electron chi connectivity index (χ1n) is 11.0. The molecular weight excluding hydrogens is 374 g/mol. The third-order valence-corrected chi connectivity index (χ3v) is 6.34. The van der Waals surface area contributed by atoms with Crippen molar-refractivity contribution in [3.63, 3.8) is 0 Å². The molecule has 0 aromatic heterocycles. The van der Waals surface area contributed by atoms with Crippen molar-refractivity contribution in [2.24, 2.45) is 17.8 Å². The molecule has 4 heteroatoms. The Morgan fingerprint density at radius 2 is 2.13 bits per heavy atom. The van der Waals surface area contributed by atoms with Gasteiger partial charge in [0.2, 0.25) is 5.91 Å². The van der Waals surface area contributed by atoms with Gasteiger partial charge >= 0.3 is 0 Å². The van der Waals surface area contributed by atoms with Gasteiger partial charge in [0.05, 0.1) is 12.2 Å². The second-order valence-corrected chi connectivity index (χ2v) is 9.03. The predicted octanol–water partition coefficient (Wildman–Crippen LogP) is 3.82. The van der Waals surface area contributed by atoms with E-state index in [1.807, 2.05) is 24.3 Å². The Morgan fingerprint density at radius 3 is 2.87 bits per heavy atom. The molecule has 0 aliphatic heterocycles. The molecule has 1 aromatic carbocycles. The van der Waals surface area contributed by atoms with Crippen LogP contribution in [-0.2, 0) is 11.2 Å². The normalized spacial score (nSPS) is 26.9. The van der Waals surface area contributed by atoms with E-state index in [-0.39, 0.29) is 17.9 Å². The fourth-order valence-electron chi connectivity index (χ4n) is 4.74. The maximum absolute atomic E-state index is 11.7. The molecule has 0 unspecified atom stereocenters. The zero-order valence-electron chi connectivity index (χ0n) is 18.4. The van der Waals surface area contributed by atoms with E-state index in [0.717, 1.165) is 24.8 Å². The number of carbonyl (C=O) groups excluding carboxylic acids is 1. The molecule has 30 heavy (non-hydrogen) atoms. The van der Waals surface area contributed by atoms with Crippen LogP contribution in [0.5, 0.6) is 0 Å². The van der Waals surface area contributed by atoms with E-state index in [1.54, 1.807) is 19.0 Å². The number of benzene rings is 1. The molecule has 2 N–H and O–H groups in total. The molecule has 1 fully saturated rings. The molecule has 0 spiro atoms. The number of rotatable bonds is 8. The van der Waals surface area contributed by atoms with Gasteiger partial charge < -0.3 is 15.1 Å². The van der Waals surface area contributed by atoms with Gasteiger partial charge in [-0.2, -0.15) is 0 Å².